The maximum atomic E-state index is 15.2. The number of carbonyl (C=O) groups is 2. The van der Waals surface area contributed by atoms with Crippen LogP contribution < -0.4 is 10.1 Å². The number of nitrogens with one attached hydrogen (secondary N) is 1. The Morgan fingerprint density at radius 2 is 1.76 bits per heavy atom. The highest BCUT2D eigenvalue weighted by Crippen LogP contribution is 2.29. The summed E-state index contributed by atoms with van der Waals surface area (Å²) >= 11 is 0. The Balaban J connectivity index is 1.09. The molecule has 2 aliphatic heterocycles. The number of ether oxygens (including phenoxy) is 2. The molecule has 2 aliphatic rings. The van der Waals surface area contributed by atoms with Gasteiger partial charge in [-0.2, -0.15) is 0 Å². The number of amides is 2. The van der Waals surface area contributed by atoms with Gasteiger partial charge in [0.05, 0.1) is 0 Å². The summed E-state index contributed by atoms with van der Waals surface area (Å²) in [4.78, 5) is 33.6. The predicted octanol–water partition coefficient (Wildman–Crippen LogP) is 6.54. The van der Waals surface area contributed by atoms with Gasteiger partial charge in [-0.3, -0.25) is 9.69 Å². The maximum absolute atomic E-state index is 15.2. The highest BCUT2D eigenvalue weighted by Gasteiger charge is 2.36. The molecule has 2 fully saturated rings. The fourth-order valence-corrected chi connectivity index (χ4v) is 5.83. The quantitative estimate of drug-likeness (QED) is 0.279. The zero-order valence-corrected chi connectivity index (χ0v) is 27.2. The van der Waals surface area contributed by atoms with Crippen LogP contribution in [0, 0.1) is 11.7 Å². The lowest BCUT2D eigenvalue weighted by Crippen LogP contribution is -2.53. The lowest BCUT2D eigenvalue weighted by Gasteiger charge is -2.38. The molecule has 45 heavy (non-hydrogen) atoms. The van der Waals surface area contributed by atoms with Crippen molar-refractivity contribution in [1.29, 1.82) is 0 Å². The number of hydrogen-bond donors (Lipinski definition) is 1. The number of aromatic nitrogens is 1. The third-order valence-electron chi connectivity index (χ3n) is 8.40. The van der Waals surface area contributed by atoms with Crippen LogP contribution in [0.5, 0.6) is 5.88 Å². The van der Waals surface area contributed by atoms with Crippen molar-refractivity contribution in [3.8, 4) is 17.0 Å². The standard InChI is InChI=1S/C36H45FN4O4/c1-23(2)26-9-7-25(8-10-26)20-40-21-31(22-40)44-33-14-13-30(19-38-33)27-11-12-28(32(37)18-27)17-29-15-16-41(34(29)42)24(3)39-35(43)45-36(4,5)6/h7-14,18-19,23-24,29,31H,15-17,20-22H2,1-6H3,(H,39,43)/t24-,29+/m0/s1. The van der Waals surface area contributed by atoms with E-state index >= 15 is 4.39 Å². The molecule has 0 saturated carbocycles. The smallest absolute Gasteiger partial charge is 0.409 e. The van der Waals surface area contributed by atoms with E-state index in [0.717, 1.165) is 25.2 Å². The van der Waals surface area contributed by atoms with Crippen molar-refractivity contribution in [3.05, 3.63) is 83.3 Å². The first kappa shape index (κ1) is 32.4. The summed E-state index contributed by atoms with van der Waals surface area (Å²) in [6.07, 6.45) is 1.60. The summed E-state index contributed by atoms with van der Waals surface area (Å²) in [5.41, 5.74) is 4.02. The van der Waals surface area contributed by atoms with E-state index in [9.17, 15) is 9.59 Å². The van der Waals surface area contributed by atoms with Gasteiger partial charge in [0, 0.05) is 49.9 Å². The second-order valence-electron chi connectivity index (χ2n) is 13.6. The molecule has 9 heteroatoms. The molecular weight excluding hydrogens is 571 g/mol. The van der Waals surface area contributed by atoms with E-state index in [1.807, 2.05) is 18.2 Å². The van der Waals surface area contributed by atoms with Crippen molar-refractivity contribution >= 4 is 12.0 Å². The van der Waals surface area contributed by atoms with Crippen molar-refractivity contribution in [1.82, 2.24) is 20.1 Å². The molecule has 5 rings (SSSR count). The fourth-order valence-electron chi connectivity index (χ4n) is 5.83. The SMILES string of the molecule is CC(C)c1ccc(CN2CC(Oc3ccc(-c4ccc(C[C@H]5CCN([C@@H](C)NC(=O)OC(C)(C)C)C5=O)c(F)c4)cn3)C2)cc1. The van der Waals surface area contributed by atoms with Gasteiger partial charge in [-0.15, -0.1) is 0 Å². The van der Waals surface area contributed by atoms with E-state index in [1.165, 1.54) is 17.2 Å². The molecule has 1 N–H and O–H groups in total. The van der Waals surface area contributed by atoms with Crippen molar-refractivity contribution in [3.63, 3.8) is 0 Å². The molecule has 0 bridgehead atoms. The number of alkyl carbamates (subject to hydrolysis) is 1. The van der Waals surface area contributed by atoms with Crippen molar-refractivity contribution < 1.29 is 23.5 Å². The number of carbonyl (C=O) groups excluding carboxylic acids is 2. The summed E-state index contributed by atoms with van der Waals surface area (Å²) in [6.45, 7) is 14.6. The number of halogens is 1. The molecule has 1 aromatic heterocycles. The molecule has 8 nitrogen and oxygen atoms in total. The second kappa shape index (κ2) is 13.6. The Bertz CT molecular complexity index is 1480. The number of nitrogens with zero attached hydrogens (tertiary/aromatic N) is 3. The maximum Gasteiger partial charge on any atom is 0.409 e. The molecule has 0 aliphatic carbocycles. The fraction of sp³-hybridized carbons (Fsp3) is 0.472. The predicted molar refractivity (Wildman–Crippen MR) is 172 cm³/mol. The third-order valence-corrected chi connectivity index (χ3v) is 8.40. The summed E-state index contributed by atoms with van der Waals surface area (Å²) in [5.74, 6) is 0.288. The summed E-state index contributed by atoms with van der Waals surface area (Å²) in [6, 6.07) is 17.6. The van der Waals surface area contributed by atoms with Gasteiger partial charge in [0.25, 0.3) is 0 Å². The summed E-state index contributed by atoms with van der Waals surface area (Å²) in [7, 11) is 0. The molecule has 3 aromatic rings. The third kappa shape index (κ3) is 8.39. The topological polar surface area (TPSA) is 84.0 Å². The van der Waals surface area contributed by atoms with Crippen LogP contribution in [0.4, 0.5) is 9.18 Å². The van der Waals surface area contributed by atoms with Crippen LogP contribution in [0.25, 0.3) is 11.1 Å². The van der Waals surface area contributed by atoms with Gasteiger partial charge in [-0.05, 0) is 80.8 Å². The summed E-state index contributed by atoms with van der Waals surface area (Å²) < 4.78 is 26.6. The Kier molecular flexibility index (Phi) is 9.77. The van der Waals surface area contributed by atoms with Crippen molar-refractivity contribution in [2.24, 2.45) is 5.92 Å². The van der Waals surface area contributed by atoms with Crippen LogP contribution in [0.2, 0.25) is 0 Å². The van der Waals surface area contributed by atoms with Crippen LogP contribution in [-0.2, 0) is 22.5 Å². The van der Waals surface area contributed by atoms with E-state index in [2.05, 4.69) is 53.3 Å². The minimum Gasteiger partial charge on any atom is -0.472 e. The first-order valence-electron chi connectivity index (χ1n) is 15.9. The number of hydrogen-bond acceptors (Lipinski definition) is 6. The molecule has 2 aromatic carbocycles. The van der Waals surface area contributed by atoms with Crippen LogP contribution in [-0.4, -0.2) is 64.3 Å². The van der Waals surface area contributed by atoms with Gasteiger partial charge in [-0.1, -0.05) is 50.2 Å². The molecule has 0 unspecified atom stereocenters. The highest BCUT2D eigenvalue weighted by atomic mass is 19.1. The van der Waals surface area contributed by atoms with Gasteiger partial charge in [0.15, 0.2) is 0 Å². The number of benzene rings is 2. The molecule has 3 heterocycles. The van der Waals surface area contributed by atoms with Crippen LogP contribution >= 0.6 is 0 Å². The van der Waals surface area contributed by atoms with Gasteiger partial charge < -0.3 is 19.7 Å². The van der Waals surface area contributed by atoms with Crippen molar-refractivity contribution in [2.75, 3.05) is 19.6 Å². The Morgan fingerprint density at radius 3 is 2.38 bits per heavy atom. The number of rotatable bonds is 10. The van der Waals surface area contributed by atoms with Crippen LogP contribution in [0.3, 0.4) is 0 Å². The normalized spacial score (nSPS) is 18.2. The number of likely N-dealkylation sites (tertiary alicyclic amines) is 2. The molecule has 2 atom stereocenters. The minimum atomic E-state index is -0.628. The average molecular weight is 617 g/mol. The first-order valence-corrected chi connectivity index (χ1v) is 15.9. The minimum absolute atomic E-state index is 0.0975. The van der Waals surface area contributed by atoms with Crippen molar-refractivity contribution in [2.45, 2.75) is 84.7 Å². The van der Waals surface area contributed by atoms with E-state index in [4.69, 9.17) is 9.47 Å². The number of pyridine rings is 1. The van der Waals surface area contributed by atoms with E-state index < -0.39 is 17.9 Å². The van der Waals surface area contributed by atoms with E-state index in [1.54, 1.807) is 44.9 Å². The Morgan fingerprint density at radius 1 is 1.04 bits per heavy atom. The van der Waals surface area contributed by atoms with Gasteiger partial charge in [0.2, 0.25) is 11.8 Å². The zero-order chi connectivity index (χ0) is 32.3. The highest BCUT2D eigenvalue weighted by molar-refractivity contribution is 5.82. The van der Waals surface area contributed by atoms with Gasteiger partial charge >= 0.3 is 6.09 Å². The van der Waals surface area contributed by atoms with Gasteiger partial charge in [-0.25, -0.2) is 14.2 Å². The largest absolute Gasteiger partial charge is 0.472 e. The zero-order valence-electron chi connectivity index (χ0n) is 27.2. The molecule has 0 radical (unpaired) electrons. The van der Waals surface area contributed by atoms with Crippen LogP contribution in [0.15, 0.2) is 60.8 Å². The second-order valence-corrected chi connectivity index (χ2v) is 13.6. The monoisotopic (exact) mass is 616 g/mol. The molecule has 2 saturated heterocycles. The molecule has 0 spiro atoms. The molecular formula is C36H45FN4O4. The lowest BCUT2D eigenvalue weighted by atomic mass is 9.96. The molecule has 240 valence electrons. The lowest BCUT2D eigenvalue weighted by molar-refractivity contribution is -0.133. The Labute approximate surface area is 265 Å². The van der Waals surface area contributed by atoms with E-state index in [0.29, 0.717) is 42.3 Å². The van der Waals surface area contributed by atoms with Crippen LogP contribution in [0.1, 0.15) is 70.6 Å². The van der Waals surface area contributed by atoms with E-state index in [-0.39, 0.29) is 23.7 Å². The first-order chi connectivity index (χ1) is 21.3. The summed E-state index contributed by atoms with van der Waals surface area (Å²) in [5, 5.41) is 2.72. The Hall–Kier alpha value is -3.98. The van der Waals surface area contributed by atoms with Gasteiger partial charge in [0.1, 0.15) is 23.7 Å². The average Bonchev–Trinajstić information content (AvgIpc) is 3.32. The molecule has 2 amide bonds.